The molecule has 0 bridgehead atoms. The summed E-state index contributed by atoms with van der Waals surface area (Å²) in [7, 11) is 0. The zero-order valence-electron chi connectivity index (χ0n) is 13.3. The van der Waals surface area contributed by atoms with Gasteiger partial charge in [0.05, 0.1) is 29.1 Å². The number of anilines is 3. The highest BCUT2D eigenvalue weighted by Gasteiger charge is 2.11. The van der Waals surface area contributed by atoms with Crippen LogP contribution >= 0.6 is 0 Å². The van der Waals surface area contributed by atoms with E-state index in [1.807, 2.05) is 6.07 Å². The molecule has 0 aliphatic rings. The molecule has 0 radical (unpaired) electrons. The van der Waals surface area contributed by atoms with Crippen molar-refractivity contribution in [3.8, 4) is 6.07 Å². The van der Waals surface area contributed by atoms with E-state index in [-0.39, 0.29) is 16.9 Å². The summed E-state index contributed by atoms with van der Waals surface area (Å²) < 4.78 is 27.5. The number of nitriles is 1. The molecule has 26 heavy (non-hydrogen) atoms. The number of amides is 1. The average molecular weight is 350 g/mol. The Hall–Kier alpha value is -3.79. The van der Waals surface area contributed by atoms with Crippen LogP contribution in [-0.4, -0.2) is 10.9 Å². The third-order valence-electron chi connectivity index (χ3n) is 3.48. The molecule has 2 aromatic carbocycles. The van der Waals surface area contributed by atoms with Gasteiger partial charge >= 0.3 is 0 Å². The standard InChI is InChI=1S/C19H12F2N4O/c20-16-5-2-6-17(21)18(16)24-15-8-13(10-23-11-15)19(26)25-14-4-1-3-12(7-14)9-22/h1-8,10-11,24H,(H,25,26). The van der Waals surface area contributed by atoms with Gasteiger partial charge in [-0.2, -0.15) is 5.26 Å². The number of hydrogen-bond donors (Lipinski definition) is 2. The smallest absolute Gasteiger partial charge is 0.257 e. The monoisotopic (exact) mass is 350 g/mol. The molecule has 0 aliphatic heterocycles. The van der Waals surface area contributed by atoms with Gasteiger partial charge in [0.2, 0.25) is 0 Å². The molecule has 0 aliphatic carbocycles. The van der Waals surface area contributed by atoms with Gasteiger partial charge in [-0.25, -0.2) is 8.78 Å². The van der Waals surface area contributed by atoms with Crippen LogP contribution < -0.4 is 10.6 Å². The topological polar surface area (TPSA) is 77.8 Å². The van der Waals surface area contributed by atoms with Crippen LogP contribution in [0.15, 0.2) is 60.9 Å². The first-order chi connectivity index (χ1) is 12.6. The minimum atomic E-state index is -0.756. The predicted molar refractivity (Wildman–Crippen MR) is 93.0 cm³/mol. The molecule has 7 heteroatoms. The Balaban J connectivity index is 1.80. The summed E-state index contributed by atoms with van der Waals surface area (Å²) in [5, 5.41) is 14.1. The molecular formula is C19H12F2N4O. The van der Waals surface area contributed by atoms with E-state index >= 15 is 0 Å². The fourth-order valence-electron chi connectivity index (χ4n) is 2.26. The van der Waals surface area contributed by atoms with Crippen molar-refractivity contribution in [2.24, 2.45) is 0 Å². The van der Waals surface area contributed by atoms with Crippen LogP contribution in [0.25, 0.3) is 0 Å². The summed E-state index contributed by atoms with van der Waals surface area (Å²) in [6, 6.07) is 13.3. The van der Waals surface area contributed by atoms with Crippen molar-refractivity contribution in [2.45, 2.75) is 0 Å². The number of hydrogen-bond acceptors (Lipinski definition) is 4. The number of carbonyl (C=O) groups is 1. The van der Waals surface area contributed by atoms with Crippen LogP contribution in [0.5, 0.6) is 0 Å². The van der Waals surface area contributed by atoms with E-state index in [4.69, 9.17) is 5.26 Å². The molecule has 1 amide bonds. The van der Waals surface area contributed by atoms with Gasteiger partial charge in [0.15, 0.2) is 0 Å². The molecule has 5 nitrogen and oxygen atoms in total. The van der Waals surface area contributed by atoms with E-state index in [0.29, 0.717) is 11.3 Å². The second kappa shape index (κ2) is 7.40. The summed E-state index contributed by atoms with van der Waals surface area (Å²) in [5.74, 6) is -1.98. The number of nitrogens with zero attached hydrogens (tertiary/aromatic N) is 2. The molecule has 0 atom stereocenters. The Morgan fingerprint density at radius 2 is 1.73 bits per heavy atom. The zero-order valence-corrected chi connectivity index (χ0v) is 13.3. The largest absolute Gasteiger partial charge is 0.349 e. The van der Waals surface area contributed by atoms with Crippen molar-refractivity contribution in [3.05, 3.63) is 83.7 Å². The van der Waals surface area contributed by atoms with Gasteiger partial charge in [0, 0.05) is 11.9 Å². The second-order valence-corrected chi connectivity index (χ2v) is 5.33. The number of halogens is 2. The second-order valence-electron chi connectivity index (χ2n) is 5.33. The van der Waals surface area contributed by atoms with Crippen LogP contribution in [-0.2, 0) is 0 Å². The fraction of sp³-hybridized carbons (Fsp3) is 0. The Kier molecular flexibility index (Phi) is 4.85. The van der Waals surface area contributed by atoms with Crippen LogP contribution in [0, 0.1) is 23.0 Å². The first-order valence-electron chi connectivity index (χ1n) is 7.54. The third-order valence-corrected chi connectivity index (χ3v) is 3.48. The van der Waals surface area contributed by atoms with Crippen molar-refractivity contribution in [1.82, 2.24) is 4.98 Å². The van der Waals surface area contributed by atoms with Crippen molar-refractivity contribution >= 4 is 23.0 Å². The summed E-state index contributed by atoms with van der Waals surface area (Å²) in [5.41, 5.74) is 0.981. The minimum absolute atomic E-state index is 0.189. The first kappa shape index (κ1) is 17.0. The highest BCUT2D eigenvalue weighted by atomic mass is 19.1. The molecule has 2 N–H and O–H groups in total. The SMILES string of the molecule is N#Cc1cccc(NC(=O)c2cncc(Nc3c(F)cccc3F)c2)c1. The quantitative estimate of drug-likeness (QED) is 0.738. The number of carbonyl (C=O) groups excluding carboxylic acids is 1. The lowest BCUT2D eigenvalue weighted by molar-refractivity contribution is 0.102. The third kappa shape index (κ3) is 3.82. The Labute approximate surface area is 147 Å². The molecule has 3 rings (SSSR count). The summed E-state index contributed by atoms with van der Waals surface area (Å²) in [6.07, 6.45) is 2.67. The van der Waals surface area contributed by atoms with E-state index in [1.54, 1.807) is 18.2 Å². The van der Waals surface area contributed by atoms with Crippen molar-refractivity contribution in [3.63, 3.8) is 0 Å². The first-order valence-corrected chi connectivity index (χ1v) is 7.54. The number of benzene rings is 2. The minimum Gasteiger partial charge on any atom is -0.349 e. The molecule has 3 aromatic rings. The summed E-state index contributed by atoms with van der Waals surface area (Å²) in [4.78, 5) is 16.3. The van der Waals surface area contributed by atoms with Crippen LogP contribution in [0.3, 0.4) is 0 Å². The van der Waals surface area contributed by atoms with Gasteiger partial charge in [0.25, 0.3) is 5.91 Å². The van der Waals surface area contributed by atoms with E-state index in [0.717, 1.165) is 12.1 Å². The molecule has 1 aromatic heterocycles. The lowest BCUT2D eigenvalue weighted by atomic mass is 10.2. The molecule has 0 saturated heterocycles. The van der Waals surface area contributed by atoms with Gasteiger partial charge in [-0.3, -0.25) is 9.78 Å². The molecule has 128 valence electrons. The van der Waals surface area contributed by atoms with Crippen molar-refractivity contribution in [2.75, 3.05) is 10.6 Å². The van der Waals surface area contributed by atoms with Crippen LogP contribution in [0.2, 0.25) is 0 Å². The maximum atomic E-state index is 13.7. The Morgan fingerprint density at radius 1 is 1.00 bits per heavy atom. The maximum absolute atomic E-state index is 13.7. The lowest BCUT2D eigenvalue weighted by Crippen LogP contribution is -2.12. The molecule has 0 unspecified atom stereocenters. The van der Waals surface area contributed by atoms with E-state index in [2.05, 4.69) is 15.6 Å². The average Bonchev–Trinajstić information content (AvgIpc) is 2.65. The lowest BCUT2D eigenvalue weighted by Gasteiger charge is -2.10. The molecular weight excluding hydrogens is 338 g/mol. The van der Waals surface area contributed by atoms with Gasteiger partial charge in [-0.05, 0) is 36.4 Å². The Morgan fingerprint density at radius 3 is 2.46 bits per heavy atom. The summed E-state index contributed by atoms with van der Waals surface area (Å²) in [6.45, 7) is 0. The van der Waals surface area contributed by atoms with Gasteiger partial charge in [0.1, 0.15) is 17.3 Å². The van der Waals surface area contributed by atoms with E-state index in [9.17, 15) is 13.6 Å². The van der Waals surface area contributed by atoms with Gasteiger partial charge in [-0.15, -0.1) is 0 Å². The van der Waals surface area contributed by atoms with Crippen LogP contribution in [0.1, 0.15) is 15.9 Å². The molecule has 0 spiro atoms. The molecule has 0 fully saturated rings. The van der Waals surface area contributed by atoms with Crippen molar-refractivity contribution < 1.29 is 13.6 Å². The highest BCUT2D eigenvalue weighted by Crippen LogP contribution is 2.23. The van der Waals surface area contributed by atoms with E-state index in [1.165, 1.54) is 30.6 Å². The molecule has 1 heterocycles. The number of aromatic nitrogens is 1. The van der Waals surface area contributed by atoms with Gasteiger partial charge in [-0.1, -0.05) is 12.1 Å². The Bertz CT molecular complexity index is 994. The van der Waals surface area contributed by atoms with E-state index < -0.39 is 17.5 Å². The number of nitrogens with one attached hydrogen (secondary N) is 2. The number of pyridine rings is 1. The normalized spacial score (nSPS) is 10.0. The highest BCUT2D eigenvalue weighted by molar-refractivity contribution is 6.04. The van der Waals surface area contributed by atoms with Crippen LogP contribution in [0.4, 0.5) is 25.8 Å². The maximum Gasteiger partial charge on any atom is 0.257 e. The van der Waals surface area contributed by atoms with Gasteiger partial charge < -0.3 is 10.6 Å². The van der Waals surface area contributed by atoms with Crippen molar-refractivity contribution in [1.29, 1.82) is 5.26 Å². The predicted octanol–water partition coefficient (Wildman–Crippen LogP) is 4.23. The zero-order chi connectivity index (χ0) is 18.5. The summed E-state index contributed by atoms with van der Waals surface area (Å²) >= 11 is 0. The fourth-order valence-corrected chi connectivity index (χ4v) is 2.26. The number of rotatable bonds is 4. The number of para-hydroxylation sites is 1. The molecule has 0 saturated carbocycles.